The van der Waals surface area contributed by atoms with Crippen LogP contribution >= 0.6 is 0 Å². The number of nitrogens with zero attached hydrogens (tertiary/aromatic N) is 1. The number of aliphatic carboxylic acids is 1. The Morgan fingerprint density at radius 2 is 1.84 bits per heavy atom. The first-order valence-electron chi connectivity index (χ1n) is 12.1. The van der Waals surface area contributed by atoms with Crippen LogP contribution in [0.15, 0.2) is 46.9 Å². The fraction of sp³-hybridized carbons (Fsp3) is 0.407. The zero-order chi connectivity index (χ0) is 27.2. The molecule has 1 heterocycles. The smallest absolute Gasteiger partial charge is 0.305 e. The highest BCUT2D eigenvalue weighted by Crippen LogP contribution is 2.35. The summed E-state index contributed by atoms with van der Waals surface area (Å²) in [5.41, 5.74) is 2.94. The van der Waals surface area contributed by atoms with Gasteiger partial charge in [-0.3, -0.25) is 9.59 Å². The van der Waals surface area contributed by atoms with Gasteiger partial charge < -0.3 is 24.5 Å². The molecule has 0 bridgehead atoms. The molecule has 0 fully saturated rings. The normalized spacial score (nSPS) is 12.3. The Bertz CT molecular complexity index is 1350. The monoisotopic (exact) mass is 530 g/mol. The fourth-order valence-corrected chi connectivity index (χ4v) is 4.88. The summed E-state index contributed by atoms with van der Waals surface area (Å²) in [6.45, 7) is 2.11. The lowest BCUT2D eigenvalue weighted by molar-refractivity contribution is -0.137. The lowest BCUT2D eigenvalue weighted by atomic mass is 10.0. The number of fused-ring (bicyclic) bond motifs is 1. The number of hydrogen-bond acceptors (Lipinski definition) is 7. The number of aryl methyl sites for hydroxylation is 1. The van der Waals surface area contributed by atoms with Crippen molar-refractivity contribution in [1.82, 2.24) is 4.90 Å². The van der Waals surface area contributed by atoms with Crippen molar-refractivity contribution in [2.24, 2.45) is 0 Å². The van der Waals surface area contributed by atoms with Crippen molar-refractivity contribution < 1.29 is 32.3 Å². The molecule has 3 aromatic rings. The van der Waals surface area contributed by atoms with E-state index >= 15 is 0 Å². The van der Waals surface area contributed by atoms with Gasteiger partial charge in [-0.05, 0) is 68.7 Å². The number of carboxylic acids is 1. The molecule has 3 rings (SSSR count). The lowest BCUT2D eigenvalue weighted by Crippen LogP contribution is -2.29. The largest absolute Gasteiger partial charge is 0.497 e. The van der Waals surface area contributed by atoms with Gasteiger partial charge in [0.05, 0.1) is 19.6 Å². The Balaban J connectivity index is 1.81. The number of hydrogen-bond donors (Lipinski definition) is 2. The highest BCUT2D eigenvalue weighted by Gasteiger charge is 2.22. The first-order valence-corrected chi connectivity index (χ1v) is 14.1. The molecule has 0 saturated heterocycles. The van der Waals surface area contributed by atoms with Crippen LogP contribution in [0.25, 0.3) is 11.0 Å². The minimum atomic E-state index is -3.04. The van der Waals surface area contributed by atoms with Crippen molar-refractivity contribution >= 4 is 38.4 Å². The molecule has 9 nitrogen and oxygen atoms in total. The number of ether oxygens (including phenoxy) is 1. The first kappa shape index (κ1) is 28.0. The van der Waals surface area contributed by atoms with E-state index < -0.39 is 15.8 Å². The zero-order valence-corrected chi connectivity index (χ0v) is 22.4. The third-order valence-electron chi connectivity index (χ3n) is 6.24. The molecule has 1 aromatic heterocycles. The summed E-state index contributed by atoms with van der Waals surface area (Å²) in [4.78, 5) is 24.8. The molecule has 0 aliphatic heterocycles. The summed E-state index contributed by atoms with van der Waals surface area (Å²) >= 11 is 0. The number of anilines is 1. The van der Waals surface area contributed by atoms with Gasteiger partial charge in [0.25, 0.3) is 5.91 Å². The molecule has 1 amide bonds. The van der Waals surface area contributed by atoms with Crippen molar-refractivity contribution in [3.05, 3.63) is 59.4 Å². The van der Waals surface area contributed by atoms with Crippen LogP contribution in [0.4, 0.5) is 5.69 Å². The van der Waals surface area contributed by atoms with Crippen LogP contribution in [-0.4, -0.2) is 63.0 Å². The standard InChI is InChI=1S/C27H34N2O7S/c1-18-22-17-21(35-3)12-13-24(22)36-26(18)23(7-5-6-16-37(4,33)34)28-20-10-8-19(9-11-20)27(32)29(2)15-14-25(30)31/h8-13,17,23,28H,5-7,14-16H2,1-4H3,(H,30,31). The molecular weight excluding hydrogens is 496 g/mol. The van der Waals surface area contributed by atoms with Gasteiger partial charge in [0.15, 0.2) is 0 Å². The third-order valence-corrected chi connectivity index (χ3v) is 7.27. The Labute approximate surface area is 217 Å². The minimum absolute atomic E-state index is 0.119. The van der Waals surface area contributed by atoms with Crippen molar-refractivity contribution in [2.45, 2.75) is 38.6 Å². The molecule has 0 aliphatic carbocycles. The van der Waals surface area contributed by atoms with E-state index in [1.165, 1.54) is 11.2 Å². The van der Waals surface area contributed by atoms with E-state index in [4.69, 9.17) is 14.3 Å². The maximum absolute atomic E-state index is 12.6. The predicted octanol–water partition coefficient (Wildman–Crippen LogP) is 4.66. The number of sulfone groups is 1. The molecule has 10 heteroatoms. The van der Waals surface area contributed by atoms with Crippen LogP contribution < -0.4 is 10.1 Å². The van der Waals surface area contributed by atoms with Crippen LogP contribution in [0.3, 0.4) is 0 Å². The maximum Gasteiger partial charge on any atom is 0.305 e. The Morgan fingerprint density at radius 1 is 1.14 bits per heavy atom. The van der Waals surface area contributed by atoms with Crippen LogP contribution in [0.2, 0.25) is 0 Å². The van der Waals surface area contributed by atoms with Crippen LogP contribution in [0.5, 0.6) is 5.75 Å². The number of amides is 1. The number of unbranched alkanes of at least 4 members (excludes halogenated alkanes) is 1. The second-order valence-corrected chi connectivity index (χ2v) is 11.5. The topological polar surface area (TPSA) is 126 Å². The van der Waals surface area contributed by atoms with Gasteiger partial charge >= 0.3 is 5.97 Å². The van der Waals surface area contributed by atoms with E-state index in [1.807, 2.05) is 25.1 Å². The quantitative estimate of drug-likeness (QED) is 0.306. The molecule has 37 heavy (non-hydrogen) atoms. The number of carbonyl (C=O) groups excluding carboxylic acids is 1. The molecule has 0 radical (unpaired) electrons. The Kier molecular flexibility index (Phi) is 9.20. The molecule has 2 N–H and O–H groups in total. The number of carboxylic acid groups (broad SMARTS) is 1. The number of methoxy groups -OCH3 is 1. The second-order valence-electron chi connectivity index (χ2n) is 9.22. The molecule has 2 aromatic carbocycles. The third kappa shape index (κ3) is 7.72. The van der Waals surface area contributed by atoms with Gasteiger partial charge in [-0.1, -0.05) is 0 Å². The van der Waals surface area contributed by atoms with E-state index in [1.54, 1.807) is 38.4 Å². The van der Waals surface area contributed by atoms with Gasteiger partial charge in [0.1, 0.15) is 26.9 Å². The molecular formula is C27H34N2O7S. The minimum Gasteiger partial charge on any atom is -0.497 e. The molecule has 0 spiro atoms. The molecule has 1 unspecified atom stereocenters. The van der Waals surface area contributed by atoms with E-state index in [9.17, 15) is 18.0 Å². The van der Waals surface area contributed by atoms with E-state index in [0.29, 0.717) is 24.8 Å². The van der Waals surface area contributed by atoms with Crippen LogP contribution in [0, 0.1) is 6.92 Å². The lowest BCUT2D eigenvalue weighted by Gasteiger charge is -2.20. The van der Waals surface area contributed by atoms with Gasteiger partial charge in [-0.25, -0.2) is 8.42 Å². The van der Waals surface area contributed by atoms with Gasteiger partial charge in [0, 0.05) is 47.8 Å². The van der Waals surface area contributed by atoms with Crippen LogP contribution in [-0.2, 0) is 14.6 Å². The number of nitrogens with one attached hydrogen (secondary N) is 1. The molecule has 1 atom stereocenters. The number of furan rings is 1. The average molecular weight is 531 g/mol. The first-order chi connectivity index (χ1) is 17.5. The Morgan fingerprint density at radius 3 is 2.46 bits per heavy atom. The second kappa shape index (κ2) is 12.1. The van der Waals surface area contributed by atoms with Gasteiger partial charge in [-0.15, -0.1) is 0 Å². The summed E-state index contributed by atoms with van der Waals surface area (Å²) < 4.78 is 34.7. The SMILES string of the molecule is COc1ccc2oc(C(CCCCS(C)(=O)=O)Nc3ccc(C(=O)N(C)CCC(=O)O)cc3)c(C)c2c1. The molecule has 0 saturated carbocycles. The van der Waals surface area contributed by atoms with Crippen molar-refractivity contribution in [3.63, 3.8) is 0 Å². The Hall–Kier alpha value is -3.53. The number of carbonyl (C=O) groups is 2. The van der Waals surface area contributed by atoms with Crippen LogP contribution in [0.1, 0.15) is 53.4 Å². The van der Waals surface area contributed by atoms with Gasteiger partial charge in [-0.2, -0.15) is 0 Å². The number of rotatable bonds is 13. The van der Waals surface area contributed by atoms with Crippen molar-refractivity contribution in [1.29, 1.82) is 0 Å². The summed E-state index contributed by atoms with van der Waals surface area (Å²) in [6.07, 6.45) is 2.98. The van der Waals surface area contributed by atoms with Crippen molar-refractivity contribution in [2.75, 3.05) is 38.0 Å². The molecule has 200 valence electrons. The van der Waals surface area contributed by atoms with E-state index in [-0.39, 0.29) is 30.7 Å². The van der Waals surface area contributed by atoms with E-state index in [0.717, 1.165) is 33.7 Å². The average Bonchev–Trinajstić information content (AvgIpc) is 3.19. The highest BCUT2D eigenvalue weighted by molar-refractivity contribution is 7.90. The predicted molar refractivity (Wildman–Crippen MR) is 143 cm³/mol. The van der Waals surface area contributed by atoms with E-state index in [2.05, 4.69) is 5.32 Å². The van der Waals surface area contributed by atoms with Gasteiger partial charge in [0.2, 0.25) is 0 Å². The zero-order valence-electron chi connectivity index (χ0n) is 21.6. The summed E-state index contributed by atoms with van der Waals surface area (Å²) in [5, 5.41) is 13.3. The molecule has 0 aliphatic rings. The fourth-order valence-electron chi connectivity index (χ4n) is 4.16. The number of benzene rings is 2. The summed E-state index contributed by atoms with van der Waals surface area (Å²) in [6, 6.07) is 12.4. The summed E-state index contributed by atoms with van der Waals surface area (Å²) in [5.74, 6) is 0.404. The maximum atomic E-state index is 12.6. The van der Waals surface area contributed by atoms with Crippen molar-refractivity contribution in [3.8, 4) is 5.75 Å². The highest BCUT2D eigenvalue weighted by atomic mass is 32.2. The summed E-state index contributed by atoms with van der Waals surface area (Å²) in [7, 11) is 0.149.